The Morgan fingerprint density at radius 3 is 2.45 bits per heavy atom. The van der Waals surface area contributed by atoms with E-state index in [9.17, 15) is 9.59 Å². The largest absolute Gasteiger partial charge is 0.427 e. The second kappa shape index (κ2) is 6.79. The van der Waals surface area contributed by atoms with Gasteiger partial charge in [0, 0.05) is 26.8 Å². The fraction of sp³-hybridized carbons (Fsp3) is 0. The van der Waals surface area contributed by atoms with E-state index in [2.05, 4.69) is 17.5 Å². The number of hydrogen-bond donors (Lipinski definition) is 0. The lowest BCUT2D eigenvalue weighted by Crippen LogP contribution is -2.23. The van der Waals surface area contributed by atoms with E-state index in [1.165, 1.54) is 0 Å². The second-order valence-corrected chi connectivity index (χ2v) is 8.24. The molecule has 0 saturated carbocycles. The predicted octanol–water partition coefficient (Wildman–Crippen LogP) is 6.32. The van der Waals surface area contributed by atoms with Gasteiger partial charge in [0.25, 0.3) is 5.91 Å². The van der Waals surface area contributed by atoms with Crippen molar-refractivity contribution >= 4 is 49.2 Å². The fourth-order valence-corrected chi connectivity index (χ4v) is 5.14. The zero-order valence-electron chi connectivity index (χ0n) is 16.2. The van der Waals surface area contributed by atoms with E-state index in [0.717, 1.165) is 36.6 Å². The zero-order valence-corrected chi connectivity index (χ0v) is 17.1. The van der Waals surface area contributed by atoms with Crippen LogP contribution in [0.1, 0.15) is 10.4 Å². The summed E-state index contributed by atoms with van der Waals surface area (Å²) in [6, 6.07) is 26.8. The number of thiophene rings is 1. The summed E-state index contributed by atoms with van der Waals surface area (Å²) < 4.78 is 7.59. The van der Waals surface area contributed by atoms with Crippen LogP contribution in [0.25, 0.3) is 43.1 Å². The maximum atomic E-state index is 13.7. The number of carbonyl (C=O) groups excluding carboxylic acids is 1. The summed E-state index contributed by atoms with van der Waals surface area (Å²) in [7, 11) is 0. The summed E-state index contributed by atoms with van der Waals surface area (Å²) in [4.78, 5) is 26.3. The van der Waals surface area contributed by atoms with Crippen LogP contribution in [-0.4, -0.2) is 10.5 Å². The van der Waals surface area contributed by atoms with Crippen LogP contribution in [0.5, 0.6) is 0 Å². The molecule has 148 valence electrons. The van der Waals surface area contributed by atoms with Gasteiger partial charge < -0.3 is 4.42 Å². The molecule has 0 radical (unpaired) electrons. The predicted molar refractivity (Wildman–Crippen MR) is 125 cm³/mol. The van der Waals surface area contributed by atoms with Crippen molar-refractivity contribution in [2.45, 2.75) is 0 Å². The van der Waals surface area contributed by atoms with Crippen molar-refractivity contribution in [3.05, 3.63) is 106 Å². The Balaban J connectivity index is 1.70. The normalized spacial score (nSPS) is 11.5. The summed E-state index contributed by atoms with van der Waals surface area (Å²) in [5, 5.41) is 5.17. The SMILES string of the molecule is O=C(c1ccc2ccccc2c1-c1csc2ccccc12)n1c(=O)oc2ccccc21. The molecule has 0 atom stereocenters. The van der Waals surface area contributed by atoms with Gasteiger partial charge in [0.15, 0.2) is 5.58 Å². The molecule has 31 heavy (non-hydrogen) atoms. The summed E-state index contributed by atoms with van der Waals surface area (Å²) in [5.74, 6) is -1.08. The van der Waals surface area contributed by atoms with Crippen LogP contribution in [0, 0.1) is 0 Å². The van der Waals surface area contributed by atoms with E-state index >= 15 is 0 Å². The number of aromatic nitrogens is 1. The first-order chi connectivity index (χ1) is 15.2. The molecule has 2 heterocycles. The lowest BCUT2D eigenvalue weighted by Gasteiger charge is -2.12. The molecule has 0 spiro atoms. The van der Waals surface area contributed by atoms with Crippen molar-refractivity contribution in [1.29, 1.82) is 0 Å². The van der Waals surface area contributed by atoms with Crippen molar-refractivity contribution in [2.24, 2.45) is 0 Å². The van der Waals surface area contributed by atoms with Gasteiger partial charge >= 0.3 is 5.76 Å². The molecule has 0 amide bonds. The Labute approximate surface area is 180 Å². The molecule has 5 heteroatoms. The number of para-hydroxylation sites is 2. The molecular formula is C26H15NO3S. The van der Waals surface area contributed by atoms with Crippen LogP contribution in [0.3, 0.4) is 0 Å². The number of nitrogens with zero attached hydrogens (tertiary/aromatic N) is 1. The molecule has 2 aromatic heterocycles. The highest BCUT2D eigenvalue weighted by Crippen LogP contribution is 2.40. The molecule has 0 aliphatic rings. The van der Waals surface area contributed by atoms with Gasteiger partial charge in [-0.1, -0.05) is 60.7 Å². The first kappa shape index (κ1) is 17.9. The van der Waals surface area contributed by atoms with Gasteiger partial charge in [-0.05, 0) is 40.4 Å². The Morgan fingerprint density at radius 1 is 0.806 bits per heavy atom. The van der Waals surface area contributed by atoms with Crippen molar-refractivity contribution in [3.8, 4) is 11.1 Å². The number of fused-ring (bicyclic) bond motifs is 3. The van der Waals surface area contributed by atoms with Gasteiger partial charge in [0.05, 0.1) is 5.52 Å². The molecule has 0 bridgehead atoms. The maximum absolute atomic E-state index is 13.7. The summed E-state index contributed by atoms with van der Waals surface area (Å²) in [6.45, 7) is 0. The number of oxazole rings is 1. The standard InChI is InChI=1S/C26H15NO3S/c28-25(27-21-10-4-5-11-22(21)30-26(27)29)19-14-13-16-7-1-2-8-17(16)24(19)20-15-31-23-12-6-3-9-18(20)23/h1-15H. The molecular weight excluding hydrogens is 406 g/mol. The van der Waals surface area contributed by atoms with Gasteiger partial charge in [-0.3, -0.25) is 4.79 Å². The van der Waals surface area contributed by atoms with E-state index in [1.54, 1.807) is 41.7 Å². The molecule has 0 aliphatic carbocycles. The first-order valence-electron chi connectivity index (χ1n) is 9.86. The van der Waals surface area contributed by atoms with Crippen LogP contribution in [-0.2, 0) is 0 Å². The highest BCUT2D eigenvalue weighted by Gasteiger charge is 2.23. The van der Waals surface area contributed by atoms with Crippen molar-refractivity contribution in [2.75, 3.05) is 0 Å². The molecule has 4 aromatic carbocycles. The summed E-state index contributed by atoms with van der Waals surface area (Å²) >= 11 is 1.64. The van der Waals surface area contributed by atoms with E-state index in [4.69, 9.17) is 4.42 Å². The number of rotatable bonds is 2. The van der Waals surface area contributed by atoms with Crippen LogP contribution in [0.2, 0.25) is 0 Å². The van der Waals surface area contributed by atoms with Crippen LogP contribution in [0.15, 0.2) is 99.5 Å². The number of benzene rings is 4. The molecule has 0 unspecified atom stereocenters. The average Bonchev–Trinajstić information content (AvgIpc) is 3.38. The minimum Gasteiger partial charge on any atom is -0.407 e. The Hall–Kier alpha value is -3.96. The molecule has 0 N–H and O–H groups in total. The second-order valence-electron chi connectivity index (χ2n) is 7.33. The van der Waals surface area contributed by atoms with Crippen molar-refractivity contribution < 1.29 is 9.21 Å². The third-order valence-electron chi connectivity index (χ3n) is 5.60. The minimum atomic E-state index is -0.680. The molecule has 6 rings (SSSR count). The number of hydrogen-bond acceptors (Lipinski definition) is 4. The first-order valence-corrected chi connectivity index (χ1v) is 10.7. The van der Waals surface area contributed by atoms with Gasteiger partial charge in [-0.25, -0.2) is 9.36 Å². The lowest BCUT2D eigenvalue weighted by atomic mass is 9.92. The molecule has 0 aliphatic heterocycles. The zero-order chi connectivity index (χ0) is 20.9. The molecule has 0 fully saturated rings. The quantitative estimate of drug-likeness (QED) is 0.329. The highest BCUT2D eigenvalue weighted by molar-refractivity contribution is 7.17. The lowest BCUT2D eigenvalue weighted by molar-refractivity contribution is 0.0957. The topological polar surface area (TPSA) is 52.2 Å². The van der Waals surface area contributed by atoms with Crippen LogP contribution >= 0.6 is 11.3 Å². The van der Waals surface area contributed by atoms with E-state index < -0.39 is 11.7 Å². The van der Waals surface area contributed by atoms with Crippen LogP contribution < -0.4 is 5.76 Å². The number of carbonyl (C=O) groups is 1. The summed E-state index contributed by atoms with van der Waals surface area (Å²) in [6.07, 6.45) is 0. The minimum absolute atomic E-state index is 0.393. The van der Waals surface area contributed by atoms with E-state index in [0.29, 0.717) is 16.7 Å². The molecule has 6 aromatic rings. The Morgan fingerprint density at radius 2 is 1.55 bits per heavy atom. The average molecular weight is 421 g/mol. The molecule has 0 saturated heterocycles. The molecule has 4 nitrogen and oxygen atoms in total. The third kappa shape index (κ3) is 2.67. The fourth-order valence-electron chi connectivity index (χ4n) is 4.19. The van der Waals surface area contributed by atoms with E-state index in [1.807, 2.05) is 42.5 Å². The van der Waals surface area contributed by atoms with Gasteiger partial charge in [-0.15, -0.1) is 11.3 Å². The Bertz CT molecular complexity index is 1690. The Kier molecular flexibility index (Phi) is 3.91. The maximum Gasteiger partial charge on any atom is 0.427 e. The van der Waals surface area contributed by atoms with Crippen LogP contribution in [0.4, 0.5) is 0 Å². The van der Waals surface area contributed by atoms with Gasteiger partial charge in [0.2, 0.25) is 0 Å². The third-order valence-corrected chi connectivity index (χ3v) is 6.56. The monoisotopic (exact) mass is 421 g/mol. The van der Waals surface area contributed by atoms with Gasteiger partial charge in [0.1, 0.15) is 0 Å². The summed E-state index contributed by atoms with van der Waals surface area (Å²) in [5.41, 5.74) is 3.14. The smallest absolute Gasteiger partial charge is 0.407 e. The van der Waals surface area contributed by atoms with E-state index in [-0.39, 0.29) is 0 Å². The van der Waals surface area contributed by atoms with Crippen molar-refractivity contribution in [1.82, 2.24) is 4.57 Å². The van der Waals surface area contributed by atoms with Crippen molar-refractivity contribution in [3.63, 3.8) is 0 Å². The highest BCUT2D eigenvalue weighted by atomic mass is 32.1. The van der Waals surface area contributed by atoms with Gasteiger partial charge in [-0.2, -0.15) is 0 Å².